The lowest BCUT2D eigenvalue weighted by molar-refractivity contribution is 0.0958. The highest BCUT2D eigenvalue weighted by Crippen LogP contribution is 2.22. The van der Waals surface area contributed by atoms with Gasteiger partial charge in [-0.3, -0.25) is 9.78 Å². The van der Waals surface area contributed by atoms with Crippen LogP contribution in [0.3, 0.4) is 0 Å². The number of benzene rings is 1. The van der Waals surface area contributed by atoms with Gasteiger partial charge in [0.2, 0.25) is 0 Å². The molecule has 24 heavy (non-hydrogen) atoms. The number of amides is 1. The highest BCUT2D eigenvalue weighted by atomic mass is 16.5. The molecule has 0 spiro atoms. The molecule has 0 bridgehead atoms. The number of hydrogen-bond donors (Lipinski definition) is 1. The summed E-state index contributed by atoms with van der Waals surface area (Å²) in [6, 6.07) is 9.81. The third-order valence-corrected chi connectivity index (χ3v) is 3.57. The summed E-state index contributed by atoms with van der Waals surface area (Å²) in [7, 11) is 0. The molecule has 118 valence electrons. The first-order valence-corrected chi connectivity index (χ1v) is 7.19. The molecule has 8 heteroatoms. The number of nitrogens with two attached hydrogens (primary N) is 1. The van der Waals surface area contributed by atoms with E-state index in [1.54, 1.807) is 12.4 Å². The number of imidazole rings is 1. The molecular formula is C16H12N6O2. The molecule has 8 nitrogen and oxygen atoms in total. The summed E-state index contributed by atoms with van der Waals surface area (Å²) in [5.41, 5.74) is 6.98. The minimum Gasteiger partial charge on any atom is -0.361 e. The number of rotatable bonds is 4. The van der Waals surface area contributed by atoms with Crippen molar-refractivity contribution in [1.82, 2.24) is 24.7 Å². The second kappa shape index (κ2) is 5.58. The number of carbonyl (C=O) groups is 1. The van der Waals surface area contributed by atoms with Gasteiger partial charge >= 0.3 is 11.8 Å². The maximum atomic E-state index is 11.0. The molecule has 1 amide bonds. The van der Waals surface area contributed by atoms with Crippen molar-refractivity contribution >= 4 is 16.8 Å². The Morgan fingerprint density at radius 3 is 2.96 bits per heavy atom. The normalized spacial score (nSPS) is 11.0. The molecule has 0 atom stereocenters. The van der Waals surface area contributed by atoms with Crippen LogP contribution in [0.1, 0.15) is 16.5 Å². The van der Waals surface area contributed by atoms with Gasteiger partial charge < -0.3 is 14.8 Å². The van der Waals surface area contributed by atoms with Gasteiger partial charge in [-0.2, -0.15) is 4.98 Å². The maximum Gasteiger partial charge on any atom is 0.315 e. The average molecular weight is 320 g/mol. The van der Waals surface area contributed by atoms with Crippen LogP contribution in [-0.4, -0.2) is 30.6 Å². The Hall–Kier alpha value is -3.55. The Morgan fingerprint density at radius 1 is 1.21 bits per heavy atom. The maximum absolute atomic E-state index is 11.0. The van der Waals surface area contributed by atoms with Crippen molar-refractivity contribution < 1.29 is 9.32 Å². The van der Waals surface area contributed by atoms with Crippen molar-refractivity contribution in [2.45, 2.75) is 6.54 Å². The molecule has 0 aliphatic heterocycles. The fourth-order valence-electron chi connectivity index (χ4n) is 2.48. The van der Waals surface area contributed by atoms with E-state index in [0.717, 1.165) is 22.3 Å². The summed E-state index contributed by atoms with van der Waals surface area (Å²) >= 11 is 0. The van der Waals surface area contributed by atoms with Crippen LogP contribution in [0.5, 0.6) is 0 Å². The Bertz CT molecular complexity index is 1040. The van der Waals surface area contributed by atoms with Crippen LogP contribution in [0.4, 0.5) is 0 Å². The fourth-order valence-corrected chi connectivity index (χ4v) is 2.48. The number of fused-ring (bicyclic) bond motifs is 1. The molecule has 3 aromatic heterocycles. The van der Waals surface area contributed by atoms with Crippen molar-refractivity contribution in [3.05, 3.63) is 60.6 Å². The molecule has 0 saturated carbocycles. The highest BCUT2D eigenvalue weighted by Gasteiger charge is 2.14. The van der Waals surface area contributed by atoms with E-state index < -0.39 is 5.91 Å². The molecular weight excluding hydrogens is 308 g/mol. The van der Waals surface area contributed by atoms with Gasteiger partial charge in [-0.25, -0.2) is 4.98 Å². The zero-order chi connectivity index (χ0) is 16.5. The summed E-state index contributed by atoms with van der Waals surface area (Å²) < 4.78 is 6.67. The lowest BCUT2D eigenvalue weighted by atomic mass is 10.1. The second-order valence-electron chi connectivity index (χ2n) is 5.17. The SMILES string of the molecule is NC(=O)c1nc(Cn2ccnc2-c2ccc3ncccc3c2)no1. The third kappa shape index (κ3) is 2.50. The van der Waals surface area contributed by atoms with Crippen molar-refractivity contribution in [3.63, 3.8) is 0 Å². The summed E-state index contributed by atoms with van der Waals surface area (Å²) in [6.07, 6.45) is 5.26. The number of aromatic nitrogens is 5. The molecule has 0 aliphatic carbocycles. The zero-order valence-electron chi connectivity index (χ0n) is 12.5. The van der Waals surface area contributed by atoms with Gasteiger partial charge in [0.25, 0.3) is 0 Å². The van der Waals surface area contributed by atoms with Crippen molar-refractivity contribution in [2.24, 2.45) is 5.73 Å². The summed E-state index contributed by atoms with van der Waals surface area (Å²) in [6.45, 7) is 0.317. The third-order valence-electron chi connectivity index (χ3n) is 3.57. The molecule has 0 aliphatic rings. The number of carbonyl (C=O) groups excluding carboxylic acids is 1. The molecule has 4 rings (SSSR count). The van der Waals surface area contributed by atoms with Crippen molar-refractivity contribution in [2.75, 3.05) is 0 Å². The Morgan fingerprint density at radius 2 is 2.12 bits per heavy atom. The van der Waals surface area contributed by atoms with Gasteiger partial charge in [-0.1, -0.05) is 11.2 Å². The fraction of sp³-hybridized carbons (Fsp3) is 0.0625. The van der Waals surface area contributed by atoms with Gasteiger partial charge in [0.15, 0.2) is 5.82 Å². The van der Waals surface area contributed by atoms with E-state index in [9.17, 15) is 4.79 Å². The first-order chi connectivity index (χ1) is 11.7. The van der Waals surface area contributed by atoms with Gasteiger partial charge in [0.05, 0.1) is 12.1 Å². The summed E-state index contributed by atoms with van der Waals surface area (Å²) in [4.78, 5) is 23.7. The standard InChI is InChI=1S/C16H12N6O2/c17-14(23)16-20-13(21-24-16)9-22-7-6-19-15(22)11-3-4-12-10(8-11)2-1-5-18-12/h1-8H,9H2,(H2,17,23). The van der Waals surface area contributed by atoms with Gasteiger partial charge in [0, 0.05) is 29.5 Å². The predicted molar refractivity (Wildman–Crippen MR) is 84.9 cm³/mol. The largest absolute Gasteiger partial charge is 0.361 e. The van der Waals surface area contributed by atoms with E-state index in [1.165, 1.54) is 0 Å². The van der Waals surface area contributed by atoms with Crippen molar-refractivity contribution in [1.29, 1.82) is 0 Å². The predicted octanol–water partition coefficient (Wildman–Crippen LogP) is 1.63. The molecule has 0 saturated heterocycles. The van der Waals surface area contributed by atoms with E-state index in [0.29, 0.717) is 12.4 Å². The molecule has 2 N–H and O–H groups in total. The topological polar surface area (TPSA) is 113 Å². The smallest absolute Gasteiger partial charge is 0.315 e. The van der Waals surface area contributed by atoms with Crippen LogP contribution in [0, 0.1) is 0 Å². The Balaban J connectivity index is 1.69. The van der Waals surface area contributed by atoms with Crippen LogP contribution in [0.15, 0.2) is 53.4 Å². The minimum absolute atomic E-state index is 0.205. The molecule has 3 heterocycles. The number of nitrogens with zero attached hydrogens (tertiary/aromatic N) is 5. The highest BCUT2D eigenvalue weighted by molar-refractivity contribution is 5.87. The Kier molecular flexibility index (Phi) is 3.27. The van der Waals surface area contributed by atoms with Gasteiger partial charge in [-0.05, 0) is 24.3 Å². The van der Waals surface area contributed by atoms with E-state index >= 15 is 0 Å². The molecule has 1 aromatic carbocycles. The molecule has 0 fully saturated rings. The van der Waals surface area contributed by atoms with Crippen LogP contribution >= 0.6 is 0 Å². The molecule has 0 unspecified atom stereocenters. The van der Waals surface area contributed by atoms with Crippen LogP contribution in [-0.2, 0) is 6.54 Å². The lowest BCUT2D eigenvalue weighted by Gasteiger charge is -2.06. The zero-order valence-corrected chi connectivity index (χ0v) is 12.5. The van der Waals surface area contributed by atoms with Crippen molar-refractivity contribution in [3.8, 4) is 11.4 Å². The molecule has 0 radical (unpaired) electrons. The van der Waals surface area contributed by atoms with Crippen LogP contribution in [0.2, 0.25) is 0 Å². The van der Waals surface area contributed by atoms with E-state index in [2.05, 4.69) is 20.1 Å². The van der Waals surface area contributed by atoms with Crippen LogP contribution < -0.4 is 5.73 Å². The number of primary amides is 1. The van der Waals surface area contributed by atoms with Gasteiger partial charge in [-0.15, -0.1) is 0 Å². The number of hydrogen-bond acceptors (Lipinski definition) is 6. The first-order valence-electron chi connectivity index (χ1n) is 7.19. The monoisotopic (exact) mass is 320 g/mol. The summed E-state index contributed by atoms with van der Waals surface area (Å²) in [5, 5.41) is 4.78. The Labute approximate surface area is 136 Å². The quantitative estimate of drug-likeness (QED) is 0.611. The first kappa shape index (κ1) is 14.1. The van der Waals surface area contributed by atoms with E-state index in [-0.39, 0.29) is 5.89 Å². The molecule has 4 aromatic rings. The van der Waals surface area contributed by atoms with E-state index in [1.807, 2.05) is 41.1 Å². The summed E-state index contributed by atoms with van der Waals surface area (Å²) in [5.74, 6) is 0.154. The lowest BCUT2D eigenvalue weighted by Crippen LogP contribution is -2.11. The van der Waals surface area contributed by atoms with Gasteiger partial charge in [0.1, 0.15) is 5.82 Å². The van der Waals surface area contributed by atoms with Crippen LogP contribution in [0.25, 0.3) is 22.3 Å². The second-order valence-corrected chi connectivity index (χ2v) is 5.17. The minimum atomic E-state index is -0.748. The van der Waals surface area contributed by atoms with E-state index in [4.69, 9.17) is 10.3 Å². The average Bonchev–Trinajstić information content (AvgIpc) is 3.24. The number of pyridine rings is 1.